The summed E-state index contributed by atoms with van der Waals surface area (Å²) in [6.07, 6.45) is 1.39. The first kappa shape index (κ1) is 13.3. The zero-order valence-electron chi connectivity index (χ0n) is 12.1. The van der Waals surface area contributed by atoms with E-state index in [9.17, 15) is 0 Å². The molecular weight excluding hydrogens is 255 g/mol. The van der Waals surface area contributed by atoms with Crippen molar-refractivity contribution in [1.82, 2.24) is 10.1 Å². The van der Waals surface area contributed by atoms with Crippen molar-refractivity contribution in [3.63, 3.8) is 0 Å². The summed E-state index contributed by atoms with van der Waals surface area (Å²) in [7, 11) is -0.386. The van der Waals surface area contributed by atoms with Gasteiger partial charge in [-0.2, -0.15) is 4.98 Å². The fourth-order valence-corrected chi connectivity index (χ4v) is 2.10. The van der Waals surface area contributed by atoms with Crippen LogP contribution in [0.5, 0.6) is 0 Å². The Morgan fingerprint density at radius 3 is 2.35 bits per heavy atom. The molecule has 0 saturated carbocycles. The van der Waals surface area contributed by atoms with Gasteiger partial charge in [-0.1, -0.05) is 17.3 Å². The molecule has 2 aromatic rings. The third kappa shape index (κ3) is 2.15. The summed E-state index contributed by atoms with van der Waals surface area (Å²) in [5.41, 5.74) is 1.10. The van der Waals surface area contributed by atoms with Crippen LogP contribution >= 0.6 is 0 Å². The van der Waals surface area contributed by atoms with E-state index < -0.39 is 0 Å². The number of aromatic nitrogens is 2. The van der Waals surface area contributed by atoms with E-state index in [0.717, 1.165) is 11.0 Å². The normalized spacial score (nSPS) is 20.3. The van der Waals surface area contributed by atoms with E-state index in [-0.39, 0.29) is 18.3 Å². The highest BCUT2D eigenvalue weighted by Crippen LogP contribution is 2.36. The topological polar surface area (TPSA) is 57.4 Å². The lowest BCUT2D eigenvalue weighted by molar-refractivity contribution is 0.00578. The van der Waals surface area contributed by atoms with Gasteiger partial charge in [-0.25, -0.2) is 0 Å². The highest BCUT2D eigenvalue weighted by molar-refractivity contribution is 6.62. The largest absolute Gasteiger partial charge is 0.494 e. The number of benzene rings is 1. The van der Waals surface area contributed by atoms with Crippen molar-refractivity contribution in [2.45, 2.75) is 38.9 Å². The molecule has 0 amide bonds. The zero-order chi connectivity index (χ0) is 14.4. The Morgan fingerprint density at radius 1 is 1.05 bits per heavy atom. The predicted molar refractivity (Wildman–Crippen MR) is 75.5 cm³/mol. The van der Waals surface area contributed by atoms with Crippen molar-refractivity contribution in [2.24, 2.45) is 0 Å². The van der Waals surface area contributed by atoms with Gasteiger partial charge in [0.2, 0.25) is 0 Å². The lowest BCUT2D eigenvalue weighted by Gasteiger charge is -2.32. The molecule has 0 N–H and O–H groups in total. The molecule has 0 spiro atoms. The van der Waals surface area contributed by atoms with Gasteiger partial charge in [-0.15, -0.1) is 0 Å². The summed E-state index contributed by atoms with van der Waals surface area (Å²) in [5.74, 6) is 0.489. The molecular formula is C14H17BN2O3. The van der Waals surface area contributed by atoms with Crippen molar-refractivity contribution in [1.29, 1.82) is 0 Å². The molecule has 6 heteroatoms. The van der Waals surface area contributed by atoms with Crippen LogP contribution in [0.2, 0.25) is 0 Å². The zero-order valence-corrected chi connectivity index (χ0v) is 12.1. The second-order valence-electron chi connectivity index (χ2n) is 5.96. The molecule has 1 aliphatic heterocycles. The third-order valence-corrected chi connectivity index (χ3v) is 4.02. The molecule has 0 atom stereocenters. The van der Waals surface area contributed by atoms with Crippen molar-refractivity contribution in [3.05, 3.63) is 30.6 Å². The van der Waals surface area contributed by atoms with Gasteiger partial charge >= 0.3 is 7.12 Å². The number of hydrogen-bond acceptors (Lipinski definition) is 5. The molecule has 2 heterocycles. The molecule has 0 bridgehead atoms. The highest BCUT2D eigenvalue weighted by Gasteiger charge is 2.51. The van der Waals surface area contributed by atoms with E-state index in [1.807, 2.05) is 52.0 Å². The first-order valence-corrected chi connectivity index (χ1v) is 6.62. The summed E-state index contributed by atoms with van der Waals surface area (Å²) < 4.78 is 17.1. The van der Waals surface area contributed by atoms with Gasteiger partial charge in [0.1, 0.15) is 0 Å². The van der Waals surface area contributed by atoms with Crippen LogP contribution in [0, 0.1) is 0 Å². The van der Waals surface area contributed by atoms with Crippen molar-refractivity contribution in [3.8, 4) is 11.5 Å². The highest BCUT2D eigenvalue weighted by atomic mass is 16.7. The molecule has 1 saturated heterocycles. The van der Waals surface area contributed by atoms with E-state index in [0.29, 0.717) is 5.89 Å². The lowest BCUT2D eigenvalue weighted by Crippen LogP contribution is -2.41. The minimum Gasteiger partial charge on any atom is -0.399 e. The Balaban J connectivity index is 1.91. The van der Waals surface area contributed by atoms with Crippen molar-refractivity contribution < 1.29 is 13.8 Å². The Bertz CT molecular complexity index is 595. The van der Waals surface area contributed by atoms with E-state index in [4.69, 9.17) is 13.8 Å². The fraction of sp³-hybridized carbons (Fsp3) is 0.429. The molecule has 5 nitrogen and oxygen atoms in total. The lowest BCUT2D eigenvalue weighted by atomic mass is 9.78. The van der Waals surface area contributed by atoms with Crippen LogP contribution in [0.4, 0.5) is 0 Å². The van der Waals surface area contributed by atoms with Crippen LogP contribution in [0.15, 0.2) is 35.1 Å². The van der Waals surface area contributed by atoms with Gasteiger partial charge in [-0.05, 0) is 45.3 Å². The van der Waals surface area contributed by atoms with Gasteiger partial charge in [0, 0.05) is 5.56 Å². The third-order valence-electron chi connectivity index (χ3n) is 4.02. The summed E-state index contributed by atoms with van der Waals surface area (Å²) in [4.78, 5) is 4.05. The second kappa shape index (κ2) is 4.43. The molecule has 0 unspecified atom stereocenters. The molecule has 1 fully saturated rings. The standard InChI is InChI=1S/C14H17BN2O3/c1-13(2)14(3,4)20-15(19-13)11-7-5-6-10(8-11)12-16-9-17-18-12/h5-9H,1-4H3. The van der Waals surface area contributed by atoms with Crippen molar-refractivity contribution in [2.75, 3.05) is 0 Å². The van der Waals surface area contributed by atoms with Crippen LogP contribution in [0.1, 0.15) is 27.7 Å². The summed E-state index contributed by atoms with van der Waals surface area (Å²) >= 11 is 0. The van der Waals surface area contributed by atoms with Crippen LogP contribution in [0.3, 0.4) is 0 Å². The Hall–Kier alpha value is -1.66. The quantitative estimate of drug-likeness (QED) is 0.783. The van der Waals surface area contributed by atoms with Gasteiger partial charge in [0.25, 0.3) is 5.89 Å². The molecule has 1 aromatic carbocycles. The molecule has 3 rings (SSSR count). The average molecular weight is 272 g/mol. The summed E-state index contributed by atoms with van der Waals surface area (Å²) in [6, 6.07) is 7.78. The van der Waals surface area contributed by atoms with E-state index in [2.05, 4.69) is 10.1 Å². The number of rotatable bonds is 2. The number of hydrogen-bond donors (Lipinski definition) is 0. The SMILES string of the molecule is CC1(C)OB(c2cccc(-c3ncno3)c2)OC1(C)C. The second-order valence-corrected chi connectivity index (χ2v) is 5.96. The minimum absolute atomic E-state index is 0.349. The summed E-state index contributed by atoms with van der Waals surface area (Å²) in [6.45, 7) is 8.15. The Kier molecular flexibility index (Phi) is 2.95. The van der Waals surface area contributed by atoms with E-state index in [1.54, 1.807) is 0 Å². The molecule has 0 radical (unpaired) electrons. The van der Waals surface area contributed by atoms with Crippen molar-refractivity contribution >= 4 is 12.6 Å². The van der Waals surface area contributed by atoms with Gasteiger partial charge in [0.15, 0.2) is 6.33 Å². The van der Waals surface area contributed by atoms with Gasteiger partial charge in [-0.3, -0.25) is 0 Å². The van der Waals surface area contributed by atoms with Crippen LogP contribution in [-0.2, 0) is 9.31 Å². The molecule has 0 aliphatic carbocycles. The maximum absolute atomic E-state index is 6.03. The Morgan fingerprint density at radius 2 is 1.75 bits per heavy atom. The number of nitrogens with zero attached hydrogens (tertiary/aromatic N) is 2. The molecule has 1 aliphatic rings. The maximum atomic E-state index is 6.03. The first-order valence-electron chi connectivity index (χ1n) is 6.62. The molecule has 20 heavy (non-hydrogen) atoms. The van der Waals surface area contributed by atoms with Crippen LogP contribution in [0.25, 0.3) is 11.5 Å². The fourth-order valence-electron chi connectivity index (χ4n) is 2.10. The smallest absolute Gasteiger partial charge is 0.399 e. The van der Waals surface area contributed by atoms with E-state index in [1.165, 1.54) is 6.33 Å². The molecule has 104 valence electrons. The Labute approximate surface area is 118 Å². The predicted octanol–water partition coefficient (Wildman–Crippen LogP) is 2.04. The van der Waals surface area contributed by atoms with Crippen LogP contribution in [-0.4, -0.2) is 28.5 Å². The molecule has 1 aromatic heterocycles. The monoisotopic (exact) mass is 272 g/mol. The average Bonchev–Trinajstić information content (AvgIpc) is 2.97. The maximum Gasteiger partial charge on any atom is 0.494 e. The van der Waals surface area contributed by atoms with Crippen LogP contribution < -0.4 is 5.46 Å². The van der Waals surface area contributed by atoms with E-state index >= 15 is 0 Å². The van der Waals surface area contributed by atoms with Gasteiger partial charge in [0.05, 0.1) is 11.2 Å². The summed E-state index contributed by atoms with van der Waals surface area (Å²) in [5, 5.41) is 3.62. The minimum atomic E-state index is -0.386. The first-order chi connectivity index (χ1) is 9.39. The van der Waals surface area contributed by atoms with Gasteiger partial charge < -0.3 is 13.8 Å².